The summed E-state index contributed by atoms with van der Waals surface area (Å²) in [6, 6.07) is 5.53. The Morgan fingerprint density at radius 2 is 2.33 bits per heavy atom. The zero-order chi connectivity index (χ0) is 15.2. The van der Waals surface area contributed by atoms with E-state index in [-0.39, 0.29) is 11.6 Å². The molecule has 2 rings (SSSR count). The van der Waals surface area contributed by atoms with Gasteiger partial charge in [-0.2, -0.15) is 5.10 Å². The van der Waals surface area contributed by atoms with Gasteiger partial charge in [0.2, 0.25) is 0 Å². The number of hydrogen-bond acceptors (Lipinski definition) is 5. The second kappa shape index (κ2) is 6.85. The van der Waals surface area contributed by atoms with Crippen LogP contribution in [0.2, 0.25) is 0 Å². The Labute approximate surface area is 125 Å². The third-order valence-electron chi connectivity index (χ3n) is 2.53. The summed E-state index contributed by atoms with van der Waals surface area (Å²) >= 11 is 1.55. The average Bonchev–Trinajstić information content (AvgIpc) is 3.10. The summed E-state index contributed by atoms with van der Waals surface area (Å²) < 4.78 is 4.77. The minimum atomic E-state index is -0.489. The molecule has 0 atom stereocenters. The highest BCUT2D eigenvalue weighted by atomic mass is 32.1. The predicted octanol–water partition coefficient (Wildman–Crippen LogP) is 2.33. The summed E-state index contributed by atoms with van der Waals surface area (Å²) in [7, 11) is 0. The SMILES string of the molecule is CCOC(=O)/C=C(\C)NC(=O)c1cc(-c2cccs2)[nH]n1. The van der Waals surface area contributed by atoms with Gasteiger partial charge in [-0.05, 0) is 31.4 Å². The van der Waals surface area contributed by atoms with E-state index in [0.29, 0.717) is 12.3 Å². The largest absolute Gasteiger partial charge is 0.463 e. The van der Waals surface area contributed by atoms with E-state index in [2.05, 4.69) is 15.5 Å². The van der Waals surface area contributed by atoms with E-state index >= 15 is 0 Å². The molecule has 1 amide bonds. The molecule has 110 valence electrons. The zero-order valence-electron chi connectivity index (χ0n) is 11.7. The monoisotopic (exact) mass is 305 g/mol. The number of aromatic nitrogens is 2. The molecule has 2 heterocycles. The normalized spacial score (nSPS) is 11.2. The van der Waals surface area contributed by atoms with Gasteiger partial charge in [-0.25, -0.2) is 4.79 Å². The lowest BCUT2D eigenvalue weighted by Crippen LogP contribution is -2.22. The molecule has 2 aromatic rings. The molecule has 0 spiro atoms. The second-order valence-electron chi connectivity index (χ2n) is 4.18. The van der Waals surface area contributed by atoms with Gasteiger partial charge in [0.1, 0.15) is 0 Å². The van der Waals surface area contributed by atoms with Gasteiger partial charge in [-0.15, -0.1) is 11.3 Å². The fraction of sp³-hybridized carbons (Fsp3) is 0.214. The molecule has 0 saturated carbocycles. The van der Waals surface area contributed by atoms with Crippen LogP contribution in [0.4, 0.5) is 0 Å². The lowest BCUT2D eigenvalue weighted by Gasteiger charge is -2.02. The van der Waals surface area contributed by atoms with Crippen LogP contribution in [0.1, 0.15) is 24.3 Å². The highest BCUT2D eigenvalue weighted by molar-refractivity contribution is 7.13. The van der Waals surface area contributed by atoms with E-state index in [1.54, 1.807) is 31.3 Å². The van der Waals surface area contributed by atoms with Crippen LogP contribution < -0.4 is 5.32 Å². The van der Waals surface area contributed by atoms with Crippen LogP contribution in [0.5, 0.6) is 0 Å². The maximum atomic E-state index is 12.0. The molecule has 0 aliphatic heterocycles. The molecule has 0 radical (unpaired) electrons. The van der Waals surface area contributed by atoms with Crippen molar-refractivity contribution in [2.75, 3.05) is 6.61 Å². The molecule has 7 heteroatoms. The molecule has 21 heavy (non-hydrogen) atoms. The Hall–Kier alpha value is -2.41. The fourth-order valence-corrected chi connectivity index (χ4v) is 2.33. The molecule has 2 N–H and O–H groups in total. The summed E-state index contributed by atoms with van der Waals surface area (Å²) in [5.74, 6) is -0.872. The van der Waals surface area contributed by atoms with Crippen molar-refractivity contribution in [1.29, 1.82) is 0 Å². The van der Waals surface area contributed by atoms with Crippen LogP contribution in [0.25, 0.3) is 10.6 Å². The molecule has 0 saturated heterocycles. The highest BCUT2D eigenvalue weighted by Gasteiger charge is 2.12. The molecule has 0 aliphatic rings. The first kappa shape index (κ1) is 15.0. The molecule has 6 nitrogen and oxygen atoms in total. The van der Waals surface area contributed by atoms with E-state index in [0.717, 1.165) is 10.6 Å². The Morgan fingerprint density at radius 3 is 3.00 bits per heavy atom. The molecule has 0 bridgehead atoms. The number of aromatic amines is 1. The Bertz CT molecular complexity index is 659. The van der Waals surface area contributed by atoms with Crippen molar-refractivity contribution in [2.45, 2.75) is 13.8 Å². The zero-order valence-corrected chi connectivity index (χ0v) is 12.5. The summed E-state index contributed by atoms with van der Waals surface area (Å²) in [5.41, 5.74) is 1.44. The van der Waals surface area contributed by atoms with Gasteiger partial charge in [0.15, 0.2) is 5.69 Å². The van der Waals surface area contributed by atoms with E-state index < -0.39 is 5.97 Å². The number of esters is 1. The molecule has 0 aromatic carbocycles. The van der Waals surface area contributed by atoms with Crippen LogP contribution >= 0.6 is 11.3 Å². The van der Waals surface area contributed by atoms with Gasteiger partial charge < -0.3 is 10.1 Å². The van der Waals surface area contributed by atoms with Crippen molar-refractivity contribution in [2.24, 2.45) is 0 Å². The van der Waals surface area contributed by atoms with Gasteiger partial charge in [0.05, 0.1) is 17.2 Å². The van der Waals surface area contributed by atoms with Gasteiger partial charge in [-0.3, -0.25) is 9.89 Å². The highest BCUT2D eigenvalue weighted by Crippen LogP contribution is 2.22. The van der Waals surface area contributed by atoms with Crippen molar-refractivity contribution >= 4 is 23.2 Å². The van der Waals surface area contributed by atoms with Crippen molar-refractivity contribution in [1.82, 2.24) is 15.5 Å². The van der Waals surface area contributed by atoms with Gasteiger partial charge in [0.25, 0.3) is 5.91 Å². The number of carbonyl (C=O) groups is 2. The molecular weight excluding hydrogens is 290 g/mol. The second-order valence-corrected chi connectivity index (χ2v) is 5.13. The fourth-order valence-electron chi connectivity index (χ4n) is 1.64. The Kier molecular flexibility index (Phi) is 4.89. The number of carbonyl (C=O) groups excluding carboxylic acids is 2. The number of allylic oxidation sites excluding steroid dienone is 1. The Morgan fingerprint density at radius 1 is 1.52 bits per heavy atom. The van der Waals surface area contributed by atoms with Crippen LogP contribution in [0.3, 0.4) is 0 Å². The lowest BCUT2D eigenvalue weighted by molar-refractivity contribution is -0.137. The number of hydrogen-bond donors (Lipinski definition) is 2. The minimum absolute atomic E-state index is 0.259. The molecule has 2 aromatic heterocycles. The van der Waals surface area contributed by atoms with E-state index in [9.17, 15) is 9.59 Å². The topological polar surface area (TPSA) is 84.1 Å². The number of amides is 1. The third kappa shape index (κ3) is 4.03. The van der Waals surface area contributed by atoms with Gasteiger partial charge in [-0.1, -0.05) is 6.07 Å². The summed E-state index contributed by atoms with van der Waals surface area (Å²) in [5, 5.41) is 11.3. The van der Waals surface area contributed by atoms with E-state index in [1.165, 1.54) is 6.08 Å². The van der Waals surface area contributed by atoms with Crippen molar-refractivity contribution in [3.05, 3.63) is 41.0 Å². The smallest absolute Gasteiger partial charge is 0.332 e. The lowest BCUT2D eigenvalue weighted by atomic mass is 10.3. The summed E-state index contributed by atoms with van der Waals surface area (Å²) in [4.78, 5) is 24.3. The number of H-pyrrole nitrogens is 1. The number of ether oxygens (including phenoxy) is 1. The maximum Gasteiger partial charge on any atom is 0.332 e. The third-order valence-corrected chi connectivity index (χ3v) is 3.43. The van der Waals surface area contributed by atoms with Crippen molar-refractivity contribution < 1.29 is 14.3 Å². The molecular formula is C14H15N3O3S. The van der Waals surface area contributed by atoms with E-state index in [4.69, 9.17) is 4.74 Å². The molecule has 0 aliphatic carbocycles. The van der Waals surface area contributed by atoms with Gasteiger partial charge in [0, 0.05) is 11.8 Å². The average molecular weight is 305 g/mol. The number of nitrogens with zero attached hydrogens (tertiary/aromatic N) is 1. The summed E-state index contributed by atoms with van der Waals surface area (Å²) in [6.45, 7) is 3.62. The van der Waals surface area contributed by atoms with Gasteiger partial charge >= 0.3 is 5.97 Å². The first-order chi connectivity index (χ1) is 10.1. The Balaban J connectivity index is 2.02. The van der Waals surface area contributed by atoms with E-state index in [1.807, 2.05) is 17.5 Å². The van der Waals surface area contributed by atoms with Crippen LogP contribution in [0.15, 0.2) is 35.4 Å². The maximum absolute atomic E-state index is 12.0. The van der Waals surface area contributed by atoms with Crippen LogP contribution in [-0.2, 0) is 9.53 Å². The molecule has 0 unspecified atom stereocenters. The quantitative estimate of drug-likeness (QED) is 0.656. The number of nitrogens with one attached hydrogen (secondary N) is 2. The first-order valence-electron chi connectivity index (χ1n) is 6.36. The number of thiophene rings is 1. The van der Waals surface area contributed by atoms with Crippen molar-refractivity contribution in [3.63, 3.8) is 0 Å². The van der Waals surface area contributed by atoms with Crippen molar-refractivity contribution in [3.8, 4) is 10.6 Å². The standard InChI is InChI=1S/C14H15N3O3S/c1-3-20-13(18)7-9(2)15-14(19)11-8-10(16-17-11)12-5-4-6-21-12/h4-8H,3H2,1-2H3,(H,15,19)(H,16,17)/b9-7+. The molecule has 0 fully saturated rings. The van der Waals surface area contributed by atoms with Crippen LogP contribution in [-0.4, -0.2) is 28.7 Å². The summed E-state index contributed by atoms with van der Waals surface area (Å²) in [6.07, 6.45) is 1.23. The van der Waals surface area contributed by atoms with Crippen LogP contribution in [0, 0.1) is 0 Å². The first-order valence-corrected chi connectivity index (χ1v) is 7.23. The minimum Gasteiger partial charge on any atom is -0.463 e. The number of rotatable bonds is 5. The predicted molar refractivity (Wildman–Crippen MR) is 79.8 cm³/mol.